The molecule has 0 radical (unpaired) electrons. The summed E-state index contributed by atoms with van der Waals surface area (Å²) in [4.78, 5) is 0. The number of aliphatic hydroxyl groups is 1. The Labute approximate surface area is 74.4 Å². The maximum absolute atomic E-state index is 8.83. The number of hydroxylamine groups is 1. The van der Waals surface area contributed by atoms with Crippen molar-refractivity contribution in [2.24, 2.45) is 0 Å². The van der Waals surface area contributed by atoms with Gasteiger partial charge in [-0.15, -0.1) is 0 Å². The molecule has 3 N–H and O–H groups in total. The van der Waals surface area contributed by atoms with Gasteiger partial charge in [-0.3, -0.25) is 0 Å². The van der Waals surface area contributed by atoms with Crippen LogP contribution >= 0.6 is 0 Å². The number of hydrogen-bond acceptors (Lipinski definition) is 3. The van der Waals surface area contributed by atoms with E-state index in [4.69, 9.17) is 10.3 Å². The Hall–Kier alpha value is -0.160. The van der Waals surface area contributed by atoms with Crippen molar-refractivity contribution in [2.45, 2.75) is 13.3 Å². The van der Waals surface area contributed by atoms with Crippen molar-refractivity contribution in [3.05, 3.63) is 0 Å². The van der Waals surface area contributed by atoms with Gasteiger partial charge >= 0.3 is 0 Å². The standard InChI is InChI=1S/C8H21N2O2/c1-3-5-10(2,7-8-11)6-4-9-12/h9,11-12H,3-8H2,1-2H3/q+1. The molecule has 1 atom stereocenters. The predicted molar refractivity (Wildman–Crippen MR) is 48.0 cm³/mol. The Kier molecular flexibility index (Phi) is 6.28. The summed E-state index contributed by atoms with van der Waals surface area (Å²) in [5.41, 5.74) is 2.14. The quantitative estimate of drug-likeness (QED) is 0.373. The summed E-state index contributed by atoms with van der Waals surface area (Å²) < 4.78 is 0.820. The van der Waals surface area contributed by atoms with Crippen LogP contribution < -0.4 is 5.48 Å². The molecule has 0 aromatic rings. The predicted octanol–water partition coefficient (Wildman–Crippen LogP) is -0.186. The van der Waals surface area contributed by atoms with Crippen molar-refractivity contribution in [3.63, 3.8) is 0 Å². The minimum atomic E-state index is 0.210. The Balaban J connectivity index is 3.80. The molecule has 74 valence electrons. The molecule has 0 fully saturated rings. The maximum atomic E-state index is 8.83. The first-order chi connectivity index (χ1) is 5.68. The van der Waals surface area contributed by atoms with Crippen LogP contribution in [0.5, 0.6) is 0 Å². The molecular weight excluding hydrogens is 156 g/mol. The highest BCUT2D eigenvalue weighted by Gasteiger charge is 2.18. The fourth-order valence-corrected chi connectivity index (χ4v) is 1.44. The summed E-state index contributed by atoms with van der Waals surface area (Å²) in [5.74, 6) is 0. The van der Waals surface area contributed by atoms with Crippen LogP contribution in [-0.4, -0.2) is 54.6 Å². The van der Waals surface area contributed by atoms with Crippen LogP contribution in [0.25, 0.3) is 0 Å². The lowest BCUT2D eigenvalue weighted by molar-refractivity contribution is -0.909. The minimum absolute atomic E-state index is 0.210. The Bertz CT molecular complexity index is 103. The second-order valence-corrected chi connectivity index (χ2v) is 3.42. The van der Waals surface area contributed by atoms with Gasteiger partial charge in [0, 0.05) is 0 Å². The zero-order valence-corrected chi connectivity index (χ0v) is 8.08. The van der Waals surface area contributed by atoms with Gasteiger partial charge in [0.25, 0.3) is 0 Å². The maximum Gasteiger partial charge on any atom is 0.102 e. The molecule has 0 aliphatic rings. The van der Waals surface area contributed by atoms with Crippen molar-refractivity contribution in [1.82, 2.24) is 5.48 Å². The monoisotopic (exact) mass is 177 g/mol. The van der Waals surface area contributed by atoms with E-state index >= 15 is 0 Å². The van der Waals surface area contributed by atoms with Gasteiger partial charge in [0.2, 0.25) is 0 Å². The number of likely N-dealkylation sites (N-methyl/N-ethyl adjacent to an activating group) is 1. The van der Waals surface area contributed by atoms with Crippen LogP contribution in [0.3, 0.4) is 0 Å². The van der Waals surface area contributed by atoms with Gasteiger partial charge < -0.3 is 14.8 Å². The van der Waals surface area contributed by atoms with Crippen molar-refractivity contribution >= 4 is 0 Å². The summed E-state index contributed by atoms with van der Waals surface area (Å²) in [7, 11) is 2.09. The highest BCUT2D eigenvalue weighted by molar-refractivity contribution is 4.40. The first-order valence-corrected chi connectivity index (χ1v) is 4.50. The highest BCUT2D eigenvalue weighted by atomic mass is 16.5. The molecule has 0 amide bonds. The molecule has 0 rings (SSSR count). The number of rotatable bonds is 7. The van der Waals surface area contributed by atoms with Crippen molar-refractivity contribution in [2.75, 3.05) is 39.8 Å². The molecule has 0 aliphatic heterocycles. The molecule has 0 aromatic heterocycles. The first-order valence-electron chi connectivity index (χ1n) is 4.50. The largest absolute Gasteiger partial charge is 0.391 e. The van der Waals surface area contributed by atoms with Gasteiger partial charge in [-0.2, -0.15) is 5.48 Å². The fourth-order valence-electron chi connectivity index (χ4n) is 1.44. The second-order valence-electron chi connectivity index (χ2n) is 3.42. The van der Waals surface area contributed by atoms with Crippen LogP contribution in [0.15, 0.2) is 0 Å². The van der Waals surface area contributed by atoms with Gasteiger partial charge in [-0.1, -0.05) is 6.92 Å². The molecule has 0 saturated carbocycles. The molecule has 1 unspecified atom stereocenters. The fraction of sp³-hybridized carbons (Fsp3) is 1.00. The molecular formula is C8H21N2O2+. The lowest BCUT2D eigenvalue weighted by Gasteiger charge is -2.33. The van der Waals surface area contributed by atoms with Gasteiger partial charge in [0.1, 0.15) is 6.54 Å². The van der Waals surface area contributed by atoms with Gasteiger partial charge in [0.05, 0.1) is 33.3 Å². The van der Waals surface area contributed by atoms with E-state index in [-0.39, 0.29) is 6.61 Å². The number of quaternary nitrogens is 1. The normalized spacial score (nSPS) is 16.0. The van der Waals surface area contributed by atoms with E-state index < -0.39 is 0 Å². The van der Waals surface area contributed by atoms with Crippen molar-refractivity contribution < 1.29 is 14.8 Å². The average molecular weight is 177 g/mol. The summed E-state index contributed by atoms with van der Waals surface area (Å²) in [6.07, 6.45) is 1.10. The molecule has 0 aromatic carbocycles. The molecule has 4 nitrogen and oxygen atoms in total. The SMILES string of the molecule is CCC[N+](C)(CCO)CCNO. The molecule has 0 bridgehead atoms. The Morgan fingerprint density at radius 2 is 1.92 bits per heavy atom. The Morgan fingerprint density at radius 3 is 2.33 bits per heavy atom. The van der Waals surface area contributed by atoms with E-state index in [9.17, 15) is 0 Å². The molecule has 12 heavy (non-hydrogen) atoms. The van der Waals surface area contributed by atoms with Crippen molar-refractivity contribution in [3.8, 4) is 0 Å². The van der Waals surface area contributed by atoms with E-state index in [0.717, 1.165) is 30.5 Å². The number of nitrogens with zero attached hydrogens (tertiary/aromatic N) is 1. The topological polar surface area (TPSA) is 52.5 Å². The average Bonchev–Trinajstić information content (AvgIpc) is 2.02. The number of nitrogens with one attached hydrogen (secondary N) is 1. The third-order valence-corrected chi connectivity index (χ3v) is 2.17. The number of aliphatic hydroxyl groups excluding tert-OH is 1. The zero-order valence-electron chi connectivity index (χ0n) is 8.08. The van der Waals surface area contributed by atoms with Crippen LogP contribution in [-0.2, 0) is 0 Å². The lowest BCUT2D eigenvalue weighted by atomic mass is 10.3. The van der Waals surface area contributed by atoms with Crippen LogP contribution in [0.1, 0.15) is 13.3 Å². The van der Waals surface area contributed by atoms with Crippen molar-refractivity contribution in [1.29, 1.82) is 0 Å². The third kappa shape index (κ3) is 4.66. The van der Waals surface area contributed by atoms with Gasteiger partial charge in [0.15, 0.2) is 0 Å². The number of hydrogen-bond donors (Lipinski definition) is 3. The zero-order chi connectivity index (χ0) is 9.45. The van der Waals surface area contributed by atoms with E-state index in [0.29, 0.717) is 6.54 Å². The van der Waals surface area contributed by atoms with Crippen LogP contribution in [0, 0.1) is 0 Å². The molecule has 0 heterocycles. The van der Waals surface area contributed by atoms with Gasteiger partial charge in [-0.05, 0) is 6.42 Å². The van der Waals surface area contributed by atoms with Crippen LogP contribution in [0.4, 0.5) is 0 Å². The molecule has 0 aliphatic carbocycles. The summed E-state index contributed by atoms with van der Waals surface area (Å²) in [5, 5.41) is 17.3. The molecule has 4 heteroatoms. The summed E-state index contributed by atoms with van der Waals surface area (Å²) in [6.45, 7) is 5.57. The minimum Gasteiger partial charge on any atom is -0.391 e. The van der Waals surface area contributed by atoms with Crippen LogP contribution in [0.2, 0.25) is 0 Å². The van der Waals surface area contributed by atoms with Gasteiger partial charge in [-0.25, -0.2) is 0 Å². The van der Waals surface area contributed by atoms with E-state index in [1.54, 1.807) is 0 Å². The molecule has 0 saturated heterocycles. The highest BCUT2D eigenvalue weighted by Crippen LogP contribution is 2.01. The second kappa shape index (κ2) is 6.37. The molecule has 0 spiro atoms. The van der Waals surface area contributed by atoms with E-state index in [1.807, 2.05) is 0 Å². The summed E-state index contributed by atoms with van der Waals surface area (Å²) >= 11 is 0. The Morgan fingerprint density at radius 1 is 1.25 bits per heavy atom. The smallest absolute Gasteiger partial charge is 0.102 e. The van der Waals surface area contributed by atoms with E-state index in [2.05, 4.69) is 19.5 Å². The van der Waals surface area contributed by atoms with E-state index in [1.165, 1.54) is 0 Å². The third-order valence-electron chi connectivity index (χ3n) is 2.17. The first kappa shape index (κ1) is 11.8. The lowest BCUT2D eigenvalue weighted by Crippen LogP contribution is -2.49. The summed E-state index contributed by atoms with van der Waals surface area (Å²) in [6, 6.07) is 0.